The molecule has 1 unspecified atom stereocenters. The number of epoxide rings is 2. The first-order valence-corrected chi connectivity index (χ1v) is 4.30. The highest BCUT2D eigenvalue weighted by Gasteiger charge is 2.13. The minimum atomic E-state index is 0.583. The monoisotopic (exact) mass is 172 g/mol. The third-order valence-corrected chi connectivity index (χ3v) is 1.27. The number of nitrogens with one attached hydrogen (secondary N) is 1. The summed E-state index contributed by atoms with van der Waals surface area (Å²) in [7, 11) is 0. The summed E-state index contributed by atoms with van der Waals surface area (Å²) in [5.74, 6) is 0. The van der Waals surface area contributed by atoms with E-state index in [1.165, 1.54) is 0 Å². The predicted molar refractivity (Wildman–Crippen MR) is 47.6 cm³/mol. The molecule has 4 nitrogen and oxygen atoms in total. The van der Waals surface area contributed by atoms with Gasteiger partial charge in [-0.1, -0.05) is 0 Å². The molecule has 0 aromatic rings. The molecule has 1 N–H and O–H groups in total. The van der Waals surface area contributed by atoms with Crippen molar-refractivity contribution < 1.29 is 9.47 Å². The van der Waals surface area contributed by atoms with Crippen molar-refractivity contribution in [2.24, 2.45) is 4.99 Å². The average Bonchev–Trinajstić information content (AvgIpc) is 3.01. The van der Waals surface area contributed by atoms with Gasteiger partial charge in [0.25, 0.3) is 0 Å². The molecule has 1 atom stereocenters. The van der Waals surface area contributed by atoms with Gasteiger partial charge in [-0.3, -0.25) is 4.99 Å². The van der Waals surface area contributed by atoms with Crippen LogP contribution >= 0.6 is 0 Å². The van der Waals surface area contributed by atoms with Crippen LogP contribution in [0.25, 0.3) is 0 Å². The summed E-state index contributed by atoms with van der Waals surface area (Å²) in [6, 6.07) is 0. The number of nitrogens with zero attached hydrogens (tertiary/aromatic N) is 1. The molecule has 0 aromatic heterocycles. The molecule has 3 heterocycles. The molecule has 0 aromatic carbocycles. The fourth-order valence-corrected chi connectivity index (χ4v) is 0.419. The predicted octanol–water partition coefficient (Wildman–Crippen LogP) is 0.0396. The molecule has 0 radical (unpaired) electrons. The second kappa shape index (κ2) is 5.97. The molecule has 0 spiro atoms. The summed E-state index contributed by atoms with van der Waals surface area (Å²) in [5.41, 5.74) is 0. The average molecular weight is 172 g/mol. The fourth-order valence-electron chi connectivity index (χ4n) is 0.419. The molecule has 0 bridgehead atoms. The maximum atomic E-state index is 4.71. The highest BCUT2D eigenvalue weighted by molar-refractivity contribution is 5.56. The topological polar surface area (TPSA) is 49.5 Å². The Hall–Kier alpha value is -0.610. The first-order valence-electron chi connectivity index (χ1n) is 4.30. The Labute approximate surface area is 73.0 Å². The second-order valence-corrected chi connectivity index (χ2v) is 2.75. The van der Waals surface area contributed by atoms with Crippen LogP contribution in [-0.2, 0) is 9.47 Å². The molecule has 0 saturated carbocycles. The van der Waals surface area contributed by atoms with Crippen molar-refractivity contribution in [1.82, 2.24) is 5.32 Å². The molecule has 4 heteroatoms. The zero-order valence-electron chi connectivity index (χ0n) is 7.45. The van der Waals surface area contributed by atoms with Gasteiger partial charge < -0.3 is 14.8 Å². The minimum absolute atomic E-state index is 0.583. The largest absolute Gasteiger partial charge is 0.377 e. The van der Waals surface area contributed by atoms with Crippen LogP contribution in [0.3, 0.4) is 0 Å². The summed E-state index contributed by atoms with van der Waals surface area (Å²) in [4.78, 5) is 3.85. The number of ether oxygens (including phenoxy) is 2. The van der Waals surface area contributed by atoms with Crippen LogP contribution in [0.1, 0.15) is 6.92 Å². The summed E-state index contributed by atoms with van der Waals surface area (Å²) >= 11 is 0. The maximum Gasteiger partial charge on any atom is 0.0825 e. The molecule has 3 rings (SSSR count). The van der Waals surface area contributed by atoms with Crippen molar-refractivity contribution in [3.05, 3.63) is 0 Å². The molecule has 12 heavy (non-hydrogen) atoms. The summed E-state index contributed by atoms with van der Waals surface area (Å²) in [6.07, 6.45) is 2.32. The standard InChI is InChI=1S/C3H6N2.C3H6O.C2H4O/c1-2-5-3-4-1;1-3-2-4-3;1-2-3-1/h3H,1-2H2,(H,4,5);3H,2H2,1H3;1-2H2. The van der Waals surface area contributed by atoms with E-state index in [4.69, 9.17) is 4.74 Å². The molecule has 3 aliphatic rings. The fraction of sp³-hybridized carbons (Fsp3) is 0.875. The molecular weight excluding hydrogens is 156 g/mol. The Bertz CT molecular complexity index is 124. The lowest BCUT2D eigenvalue weighted by molar-refractivity contribution is 0.423. The van der Waals surface area contributed by atoms with Crippen LogP contribution in [0, 0.1) is 0 Å². The third-order valence-electron chi connectivity index (χ3n) is 1.27. The van der Waals surface area contributed by atoms with Crippen LogP contribution in [0.15, 0.2) is 4.99 Å². The SMILES string of the molecule is C1=NCCN1.C1CO1.CC1CO1. The van der Waals surface area contributed by atoms with E-state index in [-0.39, 0.29) is 0 Å². The Morgan fingerprint density at radius 2 is 2.08 bits per heavy atom. The van der Waals surface area contributed by atoms with Gasteiger partial charge in [-0.2, -0.15) is 0 Å². The Balaban J connectivity index is 0.0000000929. The van der Waals surface area contributed by atoms with Crippen LogP contribution < -0.4 is 5.32 Å². The van der Waals surface area contributed by atoms with E-state index in [9.17, 15) is 0 Å². The van der Waals surface area contributed by atoms with E-state index >= 15 is 0 Å². The number of hydrogen-bond acceptors (Lipinski definition) is 4. The van der Waals surface area contributed by atoms with Crippen LogP contribution in [0.4, 0.5) is 0 Å². The van der Waals surface area contributed by atoms with Crippen molar-refractivity contribution in [2.45, 2.75) is 13.0 Å². The number of rotatable bonds is 0. The molecule has 2 fully saturated rings. The van der Waals surface area contributed by atoms with Gasteiger partial charge >= 0.3 is 0 Å². The van der Waals surface area contributed by atoms with Gasteiger partial charge in [-0.25, -0.2) is 0 Å². The zero-order chi connectivity index (χ0) is 8.65. The lowest BCUT2D eigenvalue weighted by atomic mass is 10.6. The van der Waals surface area contributed by atoms with Gasteiger partial charge in [0.15, 0.2) is 0 Å². The minimum Gasteiger partial charge on any atom is -0.377 e. The summed E-state index contributed by atoms with van der Waals surface area (Å²) < 4.78 is 9.21. The van der Waals surface area contributed by atoms with Gasteiger partial charge in [-0.05, 0) is 6.92 Å². The van der Waals surface area contributed by atoms with Gasteiger partial charge in [-0.15, -0.1) is 0 Å². The van der Waals surface area contributed by atoms with Gasteiger partial charge in [0.1, 0.15) is 0 Å². The van der Waals surface area contributed by atoms with Gasteiger partial charge in [0.05, 0.1) is 38.8 Å². The van der Waals surface area contributed by atoms with Gasteiger partial charge in [0, 0.05) is 6.54 Å². The van der Waals surface area contributed by atoms with Crippen LogP contribution in [0.2, 0.25) is 0 Å². The van der Waals surface area contributed by atoms with Crippen molar-refractivity contribution in [2.75, 3.05) is 32.9 Å². The molecular formula is C8H16N2O2. The highest BCUT2D eigenvalue weighted by atomic mass is 16.6. The van der Waals surface area contributed by atoms with Gasteiger partial charge in [0.2, 0.25) is 0 Å². The second-order valence-electron chi connectivity index (χ2n) is 2.75. The lowest BCUT2D eigenvalue weighted by Gasteiger charge is -1.75. The highest BCUT2D eigenvalue weighted by Crippen LogP contribution is 2.04. The van der Waals surface area contributed by atoms with Crippen molar-refractivity contribution in [1.29, 1.82) is 0 Å². The van der Waals surface area contributed by atoms with Crippen LogP contribution in [0.5, 0.6) is 0 Å². The Morgan fingerprint density at radius 1 is 1.50 bits per heavy atom. The smallest absolute Gasteiger partial charge is 0.0825 e. The molecule has 2 saturated heterocycles. The van der Waals surface area contributed by atoms with E-state index in [2.05, 4.69) is 22.0 Å². The van der Waals surface area contributed by atoms with E-state index in [1.807, 2.05) is 0 Å². The lowest BCUT2D eigenvalue weighted by Crippen LogP contribution is -2.04. The zero-order valence-corrected chi connectivity index (χ0v) is 7.45. The summed E-state index contributed by atoms with van der Waals surface area (Å²) in [5, 5.41) is 2.93. The van der Waals surface area contributed by atoms with E-state index in [1.54, 1.807) is 6.34 Å². The summed E-state index contributed by atoms with van der Waals surface area (Å²) in [6.45, 7) is 7.03. The van der Waals surface area contributed by atoms with Crippen LogP contribution in [-0.4, -0.2) is 45.4 Å². The van der Waals surface area contributed by atoms with Crippen molar-refractivity contribution >= 4 is 6.34 Å². The first-order chi connectivity index (χ1) is 5.89. The molecule has 0 aliphatic carbocycles. The van der Waals surface area contributed by atoms with E-state index < -0.39 is 0 Å². The maximum absolute atomic E-state index is 4.71. The normalized spacial score (nSPS) is 27.2. The quantitative estimate of drug-likeness (QED) is 0.525. The van der Waals surface area contributed by atoms with E-state index in [0.717, 1.165) is 32.9 Å². The third kappa shape index (κ3) is 9.39. The molecule has 70 valence electrons. The first kappa shape index (κ1) is 9.48. The molecule has 0 amide bonds. The van der Waals surface area contributed by atoms with Crippen molar-refractivity contribution in [3.8, 4) is 0 Å². The van der Waals surface area contributed by atoms with E-state index in [0.29, 0.717) is 6.10 Å². The number of aliphatic imine (C=N–C) groups is 1. The number of hydrogen-bond donors (Lipinski definition) is 1. The Kier molecular flexibility index (Phi) is 4.71. The van der Waals surface area contributed by atoms with Crippen molar-refractivity contribution in [3.63, 3.8) is 0 Å². The molecule has 3 aliphatic heterocycles. The Morgan fingerprint density at radius 3 is 2.17 bits per heavy atom.